The van der Waals surface area contributed by atoms with Crippen molar-refractivity contribution in [2.45, 2.75) is 18.8 Å². The van der Waals surface area contributed by atoms with Gasteiger partial charge in [-0.3, -0.25) is 0 Å². The highest BCUT2D eigenvalue weighted by Gasteiger charge is 2.27. The monoisotopic (exact) mass is 279 g/mol. The molecule has 0 saturated carbocycles. The van der Waals surface area contributed by atoms with Crippen LogP contribution in [0.1, 0.15) is 24.7 Å². The van der Waals surface area contributed by atoms with Gasteiger partial charge in [-0.1, -0.05) is 11.2 Å². The van der Waals surface area contributed by atoms with E-state index in [9.17, 15) is 4.79 Å². The molecule has 0 aromatic carbocycles. The van der Waals surface area contributed by atoms with Crippen molar-refractivity contribution in [3.8, 4) is 10.7 Å². The maximum absolute atomic E-state index is 10.8. The summed E-state index contributed by atoms with van der Waals surface area (Å²) in [6.45, 7) is 1.05. The van der Waals surface area contributed by atoms with Gasteiger partial charge in [0.15, 0.2) is 0 Å². The number of carboxylic acid groups (broad SMARTS) is 1. The molecule has 0 bridgehead atoms. The summed E-state index contributed by atoms with van der Waals surface area (Å²) in [7, 11) is 0. The van der Waals surface area contributed by atoms with Gasteiger partial charge in [-0.25, -0.2) is 4.79 Å². The number of hydrogen-bond acceptors (Lipinski definition) is 5. The van der Waals surface area contributed by atoms with E-state index in [0.717, 1.165) is 17.7 Å². The number of piperidine rings is 1. The molecular weight excluding hydrogens is 266 g/mol. The lowest BCUT2D eigenvalue weighted by atomic mass is 9.97. The molecule has 0 atom stereocenters. The van der Waals surface area contributed by atoms with Crippen molar-refractivity contribution in [2.75, 3.05) is 13.1 Å². The van der Waals surface area contributed by atoms with Gasteiger partial charge in [-0.15, -0.1) is 11.3 Å². The predicted octanol–water partition coefficient (Wildman–Crippen LogP) is 2.66. The van der Waals surface area contributed by atoms with Crippen molar-refractivity contribution in [1.29, 1.82) is 0 Å². The van der Waals surface area contributed by atoms with E-state index in [2.05, 4.69) is 10.1 Å². The molecule has 1 amide bonds. The first-order valence-corrected chi connectivity index (χ1v) is 6.97. The number of rotatable bonds is 2. The lowest BCUT2D eigenvalue weighted by Crippen LogP contribution is -2.36. The SMILES string of the molecule is O=C(O)N1CCC(c2nc(-c3cccs3)no2)CC1. The number of hydrogen-bond donors (Lipinski definition) is 1. The maximum atomic E-state index is 10.8. The van der Waals surface area contributed by atoms with Crippen LogP contribution < -0.4 is 0 Å². The molecule has 3 rings (SSSR count). The van der Waals surface area contributed by atoms with E-state index >= 15 is 0 Å². The van der Waals surface area contributed by atoms with Crippen LogP contribution in [0.3, 0.4) is 0 Å². The van der Waals surface area contributed by atoms with Crippen LogP contribution in [-0.2, 0) is 0 Å². The standard InChI is InChI=1S/C12H13N3O3S/c16-12(17)15-5-3-8(4-6-15)11-13-10(14-18-11)9-2-1-7-19-9/h1-2,7-8H,3-6H2,(H,16,17). The molecule has 19 heavy (non-hydrogen) atoms. The van der Waals surface area contributed by atoms with Gasteiger partial charge in [-0.2, -0.15) is 4.98 Å². The zero-order chi connectivity index (χ0) is 13.2. The van der Waals surface area contributed by atoms with E-state index in [-0.39, 0.29) is 5.92 Å². The highest BCUT2D eigenvalue weighted by Crippen LogP contribution is 2.29. The van der Waals surface area contributed by atoms with Crippen LogP contribution in [0.5, 0.6) is 0 Å². The van der Waals surface area contributed by atoms with Crippen LogP contribution in [0.15, 0.2) is 22.0 Å². The Kier molecular flexibility index (Phi) is 3.20. The van der Waals surface area contributed by atoms with Gasteiger partial charge in [0.2, 0.25) is 11.7 Å². The molecule has 0 spiro atoms. The summed E-state index contributed by atoms with van der Waals surface area (Å²) in [6, 6.07) is 3.90. The van der Waals surface area contributed by atoms with Crippen molar-refractivity contribution in [1.82, 2.24) is 15.0 Å². The van der Waals surface area contributed by atoms with E-state index in [1.807, 2.05) is 17.5 Å². The highest BCUT2D eigenvalue weighted by molar-refractivity contribution is 7.13. The van der Waals surface area contributed by atoms with Crippen molar-refractivity contribution in [2.24, 2.45) is 0 Å². The second-order valence-corrected chi connectivity index (χ2v) is 5.43. The molecule has 2 aromatic rings. The Morgan fingerprint density at radius 1 is 1.47 bits per heavy atom. The van der Waals surface area contributed by atoms with Crippen molar-refractivity contribution in [3.63, 3.8) is 0 Å². The number of carbonyl (C=O) groups is 1. The van der Waals surface area contributed by atoms with E-state index < -0.39 is 6.09 Å². The average molecular weight is 279 g/mol. The van der Waals surface area contributed by atoms with Crippen LogP contribution in [0.4, 0.5) is 4.79 Å². The first-order valence-electron chi connectivity index (χ1n) is 6.09. The van der Waals surface area contributed by atoms with E-state index in [0.29, 0.717) is 24.8 Å². The summed E-state index contributed by atoms with van der Waals surface area (Å²) in [5.74, 6) is 1.40. The van der Waals surface area contributed by atoms with Crippen molar-refractivity contribution < 1.29 is 14.4 Å². The summed E-state index contributed by atoms with van der Waals surface area (Å²) >= 11 is 1.57. The second-order valence-electron chi connectivity index (χ2n) is 4.48. The summed E-state index contributed by atoms with van der Waals surface area (Å²) in [6.07, 6.45) is 0.611. The molecule has 1 aliphatic rings. The van der Waals surface area contributed by atoms with Gasteiger partial charge >= 0.3 is 6.09 Å². The highest BCUT2D eigenvalue weighted by atomic mass is 32.1. The fraction of sp³-hybridized carbons (Fsp3) is 0.417. The molecule has 0 aliphatic carbocycles. The molecule has 0 radical (unpaired) electrons. The average Bonchev–Trinajstić information content (AvgIpc) is 3.10. The van der Waals surface area contributed by atoms with Gasteiger partial charge in [-0.05, 0) is 24.3 Å². The van der Waals surface area contributed by atoms with Crippen LogP contribution in [0.2, 0.25) is 0 Å². The first-order chi connectivity index (χ1) is 9.24. The number of nitrogens with zero attached hydrogens (tertiary/aromatic N) is 3. The fourth-order valence-corrected chi connectivity index (χ4v) is 2.87. The number of likely N-dealkylation sites (tertiary alicyclic amines) is 1. The Morgan fingerprint density at radius 3 is 2.89 bits per heavy atom. The van der Waals surface area contributed by atoms with E-state index in [4.69, 9.17) is 9.63 Å². The Labute approximate surface area is 113 Å². The van der Waals surface area contributed by atoms with Crippen molar-refractivity contribution >= 4 is 17.4 Å². The van der Waals surface area contributed by atoms with Gasteiger partial charge in [0.1, 0.15) is 0 Å². The summed E-state index contributed by atoms with van der Waals surface area (Å²) in [4.78, 5) is 17.7. The third-order valence-corrected chi connectivity index (χ3v) is 4.16. The van der Waals surface area contributed by atoms with Gasteiger partial charge in [0, 0.05) is 19.0 Å². The molecule has 1 aliphatic heterocycles. The minimum absolute atomic E-state index is 0.164. The predicted molar refractivity (Wildman–Crippen MR) is 69.2 cm³/mol. The van der Waals surface area contributed by atoms with Crippen LogP contribution in [-0.4, -0.2) is 39.3 Å². The Balaban J connectivity index is 1.69. The quantitative estimate of drug-likeness (QED) is 0.914. The van der Waals surface area contributed by atoms with Crippen LogP contribution in [0, 0.1) is 0 Å². The minimum atomic E-state index is -0.858. The number of thiophene rings is 1. The zero-order valence-corrected chi connectivity index (χ0v) is 11.0. The maximum Gasteiger partial charge on any atom is 0.407 e. The molecule has 1 fully saturated rings. The van der Waals surface area contributed by atoms with Crippen LogP contribution in [0.25, 0.3) is 10.7 Å². The molecule has 7 heteroatoms. The molecule has 2 aromatic heterocycles. The molecule has 100 valence electrons. The number of amides is 1. The fourth-order valence-electron chi connectivity index (χ4n) is 2.22. The topological polar surface area (TPSA) is 79.5 Å². The molecule has 1 saturated heterocycles. The zero-order valence-electron chi connectivity index (χ0n) is 10.2. The number of aromatic nitrogens is 2. The molecular formula is C12H13N3O3S. The van der Waals surface area contributed by atoms with E-state index in [1.165, 1.54) is 4.90 Å². The summed E-state index contributed by atoms with van der Waals surface area (Å²) in [5.41, 5.74) is 0. The normalized spacial score (nSPS) is 16.7. The van der Waals surface area contributed by atoms with Crippen molar-refractivity contribution in [3.05, 3.63) is 23.4 Å². The van der Waals surface area contributed by atoms with Gasteiger partial charge in [0.25, 0.3) is 0 Å². The van der Waals surface area contributed by atoms with E-state index in [1.54, 1.807) is 11.3 Å². The summed E-state index contributed by atoms with van der Waals surface area (Å²) in [5, 5.41) is 14.9. The molecule has 6 nitrogen and oxygen atoms in total. The van der Waals surface area contributed by atoms with Gasteiger partial charge in [0.05, 0.1) is 4.88 Å². The minimum Gasteiger partial charge on any atom is -0.465 e. The first kappa shape index (κ1) is 12.2. The lowest BCUT2D eigenvalue weighted by Gasteiger charge is -2.27. The second kappa shape index (κ2) is 5.00. The molecule has 3 heterocycles. The third-order valence-electron chi connectivity index (χ3n) is 3.30. The van der Waals surface area contributed by atoms with Gasteiger partial charge < -0.3 is 14.5 Å². The molecule has 0 unspecified atom stereocenters. The molecule has 1 N–H and O–H groups in total. The lowest BCUT2D eigenvalue weighted by molar-refractivity contribution is 0.128. The summed E-state index contributed by atoms with van der Waals surface area (Å²) < 4.78 is 5.30. The smallest absolute Gasteiger partial charge is 0.407 e. The third kappa shape index (κ3) is 2.46. The largest absolute Gasteiger partial charge is 0.465 e. The van der Waals surface area contributed by atoms with Crippen LogP contribution >= 0.6 is 11.3 Å². The Morgan fingerprint density at radius 2 is 2.26 bits per heavy atom. The Hall–Kier alpha value is -1.89. The Bertz CT molecular complexity index is 559.